The summed E-state index contributed by atoms with van der Waals surface area (Å²) in [5, 5.41) is 0. The molecule has 0 aromatic rings. The summed E-state index contributed by atoms with van der Waals surface area (Å²) < 4.78 is 30.4. The Morgan fingerprint density at radius 3 is 1.60 bits per heavy atom. The van der Waals surface area contributed by atoms with Crippen molar-refractivity contribution in [3.05, 3.63) is 48.0 Å². The maximum atomic E-state index is 12.1. The van der Waals surface area contributed by atoms with Crippen LogP contribution in [0.2, 0.25) is 0 Å². The lowest BCUT2D eigenvalue weighted by molar-refractivity contribution is -0.149. The van der Waals surface area contributed by atoms with Crippen LogP contribution in [0.25, 0.3) is 0 Å². The van der Waals surface area contributed by atoms with Gasteiger partial charge in [-0.3, -0.25) is 9.69 Å². The average Bonchev–Trinajstić information content (AvgIpc) is 3.68. The fraction of sp³-hybridized carbons (Fsp3) is 0.820. The van der Waals surface area contributed by atoms with E-state index in [0.29, 0.717) is 19.6 Å². The Hall–Kier alpha value is -2.09. The molecule has 0 N–H and O–H groups in total. The molecule has 0 saturated carbocycles. The summed E-state index contributed by atoms with van der Waals surface area (Å²) in [5.41, 5.74) is 0. The standard InChI is InChI=1S/C50H89NO6/c1-5-7-9-11-13-15-17-19-21-23-25-27-29-31-33-35-37-53-46-39-45(50-56-44-48(57-50)43-55-49(52)42-51(3)4)40-47(41-46)54-38-36-34-32-30-28-26-24-22-20-18-16-14-12-10-8-6-2/h19-22,39,41,45,48,50H,5-18,23-38,40,42-44H2,1-4H3/b21-19-,22-20-. The molecule has 0 spiro atoms. The van der Waals surface area contributed by atoms with Crippen LogP contribution in [0.3, 0.4) is 0 Å². The van der Waals surface area contributed by atoms with Crippen molar-refractivity contribution < 1.29 is 28.5 Å². The predicted molar refractivity (Wildman–Crippen MR) is 239 cm³/mol. The van der Waals surface area contributed by atoms with Crippen LogP contribution < -0.4 is 0 Å². The quantitative estimate of drug-likeness (QED) is 0.0348. The molecule has 1 aliphatic heterocycles. The molecule has 57 heavy (non-hydrogen) atoms. The first-order chi connectivity index (χ1) is 28.0. The number of carbonyl (C=O) groups is 1. The lowest BCUT2D eigenvalue weighted by Crippen LogP contribution is -2.29. The van der Waals surface area contributed by atoms with E-state index in [1.165, 1.54) is 167 Å². The second kappa shape index (κ2) is 36.9. The monoisotopic (exact) mass is 800 g/mol. The largest absolute Gasteiger partial charge is 0.498 e. The van der Waals surface area contributed by atoms with Crippen LogP contribution in [0.4, 0.5) is 0 Å². The van der Waals surface area contributed by atoms with E-state index in [2.05, 4.69) is 50.3 Å². The lowest BCUT2D eigenvalue weighted by atomic mass is 9.97. The third-order valence-corrected chi connectivity index (χ3v) is 11.0. The number of ether oxygens (including phenoxy) is 5. The zero-order valence-corrected chi connectivity index (χ0v) is 37.6. The molecule has 1 fully saturated rings. The summed E-state index contributed by atoms with van der Waals surface area (Å²) in [6.07, 6.45) is 50.2. The van der Waals surface area contributed by atoms with Gasteiger partial charge < -0.3 is 23.7 Å². The number of hydrogen-bond donors (Lipinski definition) is 0. The van der Waals surface area contributed by atoms with Gasteiger partial charge in [0.1, 0.15) is 24.2 Å². The summed E-state index contributed by atoms with van der Waals surface area (Å²) in [7, 11) is 3.71. The van der Waals surface area contributed by atoms with Gasteiger partial charge in [-0.15, -0.1) is 0 Å². The number of rotatable bonds is 39. The number of carbonyl (C=O) groups excluding carboxylic acids is 1. The van der Waals surface area contributed by atoms with Gasteiger partial charge in [-0.2, -0.15) is 0 Å². The van der Waals surface area contributed by atoms with Crippen LogP contribution in [0.1, 0.15) is 200 Å². The van der Waals surface area contributed by atoms with E-state index in [4.69, 9.17) is 23.7 Å². The smallest absolute Gasteiger partial charge is 0.320 e. The van der Waals surface area contributed by atoms with Crippen LogP contribution >= 0.6 is 0 Å². The number of esters is 1. The highest BCUT2D eigenvalue weighted by atomic mass is 16.7. The van der Waals surface area contributed by atoms with E-state index in [1.807, 2.05) is 14.1 Å². The molecule has 7 heteroatoms. The Morgan fingerprint density at radius 2 is 1.11 bits per heavy atom. The molecule has 0 radical (unpaired) electrons. The van der Waals surface area contributed by atoms with Gasteiger partial charge in [0, 0.05) is 18.4 Å². The molecule has 2 rings (SSSR count). The van der Waals surface area contributed by atoms with E-state index in [-0.39, 0.29) is 31.1 Å². The molecule has 1 aliphatic carbocycles. The first-order valence-corrected chi connectivity index (χ1v) is 24.1. The molecule has 7 nitrogen and oxygen atoms in total. The van der Waals surface area contributed by atoms with E-state index in [1.54, 1.807) is 4.90 Å². The summed E-state index contributed by atoms with van der Waals surface area (Å²) in [4.78, 5) is 13.9. The van der Waals surface area contributed by atoms with Gasteiger partial charge in [-0.05, 0) is 84.4 Å². The highest BCUT2D eigenvalue weighted by Crippen LogP contribution is 2.32. The minimum Gasteiger partial charge on any atom is -0.498 e. The maximum Gasteiger partial charge on any atom is 0.320 e. The van der Waals surface area contributed by atoms with Crippen LogP contribution in [-0.4, -0.2) is 70.3 Å². The Labute approximate surface area is 351 Å². The van der Waals surface area contributed by atoms with E-state index in [0.717, 1.165) is 31.0 Å². The first kappa shape index (κ1) is 51.1. The number of unbranched alkanes of at least 4 members (excludes halogenated alkanes) is 24. The van der Waals surface area contributed by atoms with Crippen molar-refractivity contribution in [2.45, 2.75) is 212 Å². The third-order valence-electron chi connectivity index (χ3n) is 11.0. The average molecular weight is 800 g/mol. The molecule has 0 aromatic carbocycles. The highest BCUT2D eigenvalue weighted by molar-refractivity contribution is 5.71. The van der Waals surface area contributed by atoms with Gasteiger partial charge in [0.2, 0.25) is 0 Å². The second-order valence-corrected chi connectivity index (χ2v) is 17.0. The topological polar surface area (TPSA) is 66.5 Å². The van der Waals surface area contributed by atoms with Gasteiger partial charge in [0.05, 0.1) is 26.4 Å². The number of hydrogen-bond acceptors (Lipinski definition) is 7. The Bertz CT molecular complexity index is 1070. The van der Waals surface area contributed by atoms with Gasteiger partial charge in [-0.1, -0.05) is 154 Å². The minimum atomic E-state index is -0.413. The molecule has 0 amide bonds. The van der Waals surface area contributed by atoms with Gasteiger partial charge in [0.25, 0.3) is 0 Å². The van der Waals surface area contributed by atoms with Crippen molar-refractivity contribution in [1.29, 1.82) is 0 Å². The summed E-state index contributed by atoms with van der Waals surface area (Å²) in [6.45, 7) is 6.85. The summed E-state index contributed by atoms with van der Waals surface area (Å²) >= 11 is 0. The molecule has 2 aliphatic rings. The SMILES string of the molecule is CCCCCCCC/C=C\CCCCCCCCOC1=CC(C2OCC(COC(=O)CN(C)C)O2)CC(OCCCCCCCC/C=C\CCCCCCCC)=C1. The van der Waals surface area contributed by atoms with Crippen molar-refractivity contribution in [3.8, 4) is 0 Å². The van der Waals surface area contributed by atoms with Crippen LogP contribution in [-0.2, 0) is 28.5 Å². The van der Waals surface area contributed by atoms with E-state index < -0.39 is 6.29 Å². The minimum absolute atomic E-state index is 0.0119. The lowest BCUT2D eigenvalue weighted by Gasteiger charge is -2.26. The first-order valence-electron chi connectivity index (χ1n) is 24.1. The molecule has 330 valence electrons. The number of likely N-dealkylation sites (N-methyl/N-ethyl adjacent to an activating group) is 1. The zero-order chi connectivity index (χ0) is 40.9. The molecule has 0 bridgehead atoms. The highest BCUT2D eigenvalue weighted by Gasteiger charge is 2.35. The van der Waals surface area contributed by atoms with Crippen molar-refractivity contribution in [2.24, 2.45) is 5.92 Å². The fourth-order valence-electron chi connectivity index (χ4n) is 7.50. The molecule has 3 unspecified atom stereocenters. The number of allylic oxidation sites excluding steroid dienone is 6. The summed E-state index contributed by atoms with van der Waals surface area (Å²) in [5.74, 6) is 1.53. The molecule has 0 aromatic heterocycles. The zero-order valence-electron chi connectivity index (χ0n) is 37.6. The van der Waals surface area contributed by atoms with E-state index in [9.17, 15) is 4.79 Å². The van der Waals surface area contributed by atoms with Crippen molar-refractivity contribution in [2.75, 3.05) is 47.1 Å². The second-order valence-electron chi connectivity index (χ2n) is 17.0. The van der Waals surface area contributed by atoms with Crippen LogP contribution in [0.5, 0.6) is 0 Å². The molecule has 1 saturated heterocycles. The van der Waals surface area contributed by atoms with Crippen LogP contribution in [0.15, 0.2) is 48.0 Å². The van der Waals surface area contributed by atoms with Crippen molar-refractivity contribution in [1.82, 2.24) is 4.90 Å². The Kier molecular flexibility index (Phi) is 33.1. The molecule has 1 heterocycles. The third kappa shape index (κ3) is 29.7. The van der Waals surface area contributed by atoms with Gasteiger partial charge >= 0.3 is 5.97 Å². The fourth-order valence-corrected chi connectivity index (χ4v) is 7.50. The Balaban J connectivity index is 1.64. The Morgan fingerprint density at radius 1 is 0.649 bits per heavy atom. The number of nitrogens with zero attached hydrogens (tertiary/aromatic N) is 1. The maximum absolute atomic E-state index is 12.1. The van der Waals surface area contributed by atoms with E-state index >= 15 is 0 Å². The van der Waals surface area contributed by atoms with Crippen LogP contribution in [0, 0.1) is 5.92 Å². The normalized spacial score (nSPS) is 18.5. The summed E-state index contributed by atoms with van der Waals surface area (Å²) in [6, 6.07) is 0. The molecule has 3 atom stereocenters. The van der Waals surface area contributed by atoms with Gasteiger partial charge in [0.15, 0.2) is 6.29 Å². The van der Waals surface area contributed by atoms with Crippen molar-refractivity contribution >= 4 is 5.97 Å². The molecular weight excluding hydrogens is 711 g/mol. The van der Waals surface area contributed by atoms with Crippen molar-refractivity contribution in [3.63, 3.8) is 0 Å². The molecular formula is C50H89NO6. The predicted octanol–water partition coefficient (Wildman–Crippen LogP) is 13.7. The van der Waals surface area contributed by atoms with Gasteiger partial charge in [-0.25, -0.2) is 0 Å².